The minimum atomic E-state index is -4.25. The first-order valence-corrected chi connectivity index (χ1v) is 29.2. The molecule has 0 aliphatic heterocycles. The maximum atomic E-state index is 13.0. The summed E-state index contributed by atoms with van der Waals surface area (Å²) in [5.74, 6) is 1.37. The van der Waals surface area contributed by atoms with Crippen LogP contribution in [0.4, 0.5) is 38.0 Å². The number of nitrogens with two attached hydrogens (primary N) is 1. The molecule has 0 unspecified atom stereocenters. The van der Waals surface area contributed by atoms with Crippen molar-refractivity contribution < 1.29 is 31.1 Å². The second-order valence-electron chi connectivity index (χ2n) is 21.9. The van der Waals surface area contributed by atoms with Gasteiger partial charge in [0.15, 0.2) is 0 Å². The van der Waals surface area contributed by atoms with E-state index < -0.39 is 25.2 Å². The van der Waals surface area contributed by atoms with Crippen molar-refractivity contribution in [2.24, 2.45) is 19.8 Å². The molecule has 4 atom stereocenters. The number of anilines is 2. The van der Waals surface area contributed by atoms with Gasteiger partial charge < -0.3 is 30.0 Å². The number of hydrogen-bond donors (Lipinski definition) is 2. The normalized spacial score (nSPS) is 16.8. The number of nitriles is 2. The van der Waals surface area contributed by atoms with Crippen LogP contribution in [-0.2, 0) is 46.6 Å². The van der Waals surface area contributed by atoms with Crippen molar-refractivity contribution in [3.63, 3.8) is 0 Å². The zero-order valence-electron chi connectivity index (χ0n) is 48.0. The van der Waals surface area contributed by atoms with Crippen LogP contribution < -0.4 is 20.9 Å². The molecule has 3 N–H and O–H groups in total. The largest absolute Gasteiger partial charge is 0.393 e. The van der Waals surface area contributed by atoms with Gasteiger partial charge in [-0.15, -0.1) is 35.1 Å². The Hall–Kier alpha value is -7.94. The number of aldehydes is 1. The Kier molecular flexibility index (Phi) is 18.9. The topological polar surface area (TPSA) is 206 Å². The molecular weight excluding hydrogens is 1170 g/mol. The van der Waals surface area contributed by atoms with Crippen molar-refractivity contribution in [3.05, 3.63) is 140 Å². The van der Waals surface area contributed by atoms with E-state index >= 15 is 0 Å². The Morgan fingerprint density at radius 3 is 1.63 bits per heavy atom. The predicted octanol–water partition coefficient (Wildman–Crippen LogP) is 11.8. The van der Waals surface area contributed by atoms with Crippen LogP contribution in [0.2, 0.25) is 0 Å². The number of aryl methyl sites for hydroxylation is 4. The number of fused-ring (bicyclic) bond motifs is 4. The van der Waals surface area contributed by atoms with Crippen LogP contribution in [0.25, 0.3) is 42.2 Å². The van der Waals surface area contributed by atoms with Crippen LogP contribution in [0, 0.1) is 36.5 Å². The second kappa shape index (κ2) is 26.0. The molecule has 2 aromatic carbocycles. The summed E-state index contributed by atoms with van der Waals surface area (Å²) in [6.07, 6.45) is 6.53. The number of halogens is 7. The third kappa shape index (κ3) is 14.0. The van der Waals surface area contributed by atoms with Gasteiger partial charge in [0.05, 0.1) is 49.1 Å². The first-order valence-electron chi connectivity index (χ1n) is 27.6. The van der Waals surface area contributed by atoms with E-state index in [2.05, 4.69) is 71.5 Å². The number of aromatic nitrogens is 10. The molecular formula is C60H63ClF6N16OS2. The van der Waals surface area contributed by atoms with E-state index in [-0.39, 0.29) is 40.3 Å². The van der Waals surface area contributed by atoms with Crippen molar-refractivity contribution in [2.45, 2.75) is 121 Å². The smallest absolute Gasteiger partial charge is 0.356 e. The zero-order valence-corrected chi connectivity index (χ0v) is 50.4. The molecule has 17 nitrogen and oxygen atoms in total. The lowest BCUT2D eigenvalue weighted by Gasteiger charge is -2.26. The number of rotatable bonds is 14. The lowest BCUT2D eigenvalue weighted by molar-refractivity contribution is -0.127. The van der Waals surface area contributed by atoms with Gasteiger partial charge in [-0.3, -0.25) is 14.2 Å². The molecule has 10 aromatic rings. The Balaban J connectivity index is 0.000000169. The molecule has 2 saturated carbocycles. The maximum Gasteiger partial charge on any atom is 0.393 e. The van der Waals surface area contributed by atoms with Crippen molar-refractivity contribution in [3.8, 4) is 12.1 Å². The first-order chi connectivity index (χ1) is 40.6. The highest BCUT2D eigenvalue weighted by molar-refractivity contribution is 7.19. The molecule has 26 heteroatoms. The van der Waals surface area contributed by atoms with Gasteiger partial charge in [-0.1, -0.05) is 6.07 Å². The molecule has 0 spiro atoms. The number of carbonyl (C=O) groups excluding carboxylic acids is 1. The molecule has 0 bridgehead atoms. The lowest BCUT2D eigenvalue weighted by atomic mass is 10.0. The quantitative estimate of drug-likeness (QED) is 0.0769. The van der Waals surface area contributed by atoms with Crippen LogP contribution in [-0.4, -0.2) is 106 Å². The average molecular weight is 1240 g/mol. The summed E-state index contributed by atoms with van der Waals surface area (Å²) in [7, 11) is 7.64. The van der Waals surface area contributed by atoms with Crippen LogP contribution >= 0.6 is 35.1 Å². The van der Waals surface area contributed by atoms with Gasteiger partial charge in [0, 0.05) is 120 Å². The predicted molar refractivity (Wildman–Crippen MR) is 325 cm³/mol. The molecule has 0 saturated heterocycles. The molecule has 86 heavy (non-hydrogen) atoms. The summed E-state index contributed by atoms with van der Waals surface area (Å²) in [4.78, 5) is 33.9. The van der Waals surface area contributed by atoms with Gasteiger partial charge in [-0.25, -0.2) is 19.9 Å². The molecule has 0 amide bonds. The average Bonchev–Trinajstić information content (AvgIpc) is 1.83. The number of carbonyl (C=O) groups is 1. The standard InChI is InChI=1S/C30H31F3N8S.C16H14N4O.C14H17F3N4S.ClH/c1-18-20(4-7-27-25(18)9-23(12-34)41(27)16-19-13-38-39(2)15-19)14-35-21-5-6-22(8-21)40(3)28-26-10-24(11-30(31,32)33)42-29(26)37-17-36-28;1-11-13(10-21)3-4-16-15(11)5-14(6-17)20(16)9-12-7-18-19(2)8-12;1-21(9-3-2-8(18)4-9)12-11-5-10(6-14(15,16)17)22-13(11)20-7-19-12;/h4,7,9-10,13,15,17,21-22,35H,5-6,8,11,14,16H2,1-3H3;3-5,7-8,10H,9H2,1-2H3;5,7-9H,2-4,6,18H2,1H3;1H/t21-,22+;;8-,9+;/m0.0./s1. The van der Waals surface area contributed by atoms with Crippen LogP contribution in [0.1, 0.15) is 97.8 Å². The van der Waals surface area contributed by atoms with Crippen molar-refractivity contribution in [1.29, 1.82) is 10.5 Å². The lowest BCUT2D eigenvalue weighted by Crippen LogP contribution is -2.33. The second-order valence-corrected chi connectivity index (χ2v) is 24.2. The molecule has 0 radical (unpaired) electrons. The van der Waals surface area contributed by atoms with Crippen molar-refractivity contribution in [2.75, 3.05) is 23.9 Å². The van der Waals surface area contributed by atoms with Crippen LogP contribution in [0.5, 0.6) is 0 Å². The van der Waals surface area contributed by atoms with E-state index in [4.69, 9.17) is 5.73 Å². The van der Waals surface area contributed by atoms with E-state index in [1.54, 1.807) is 33.8 Å². The van der Waals surface area contributed by atoms with E-state index in [0.717, 1.165) is 112 Å². The maximum absolute atomic E-state index is 13.0. The molecule has 450 valence electrons. The third-order valence-electron chi connectivity index (χ3n) is 16.1. The van der Waals surface area contributed by atoms with E-state index in [1.807, 2.05) is 85.9 Å². The van der Waals surface area contributed by atoms with E-state index in [9.17, 15) is 41.7 Å². The molecule has 12 rings (SSSR count). The summed E-state index contributed by atoms with van der Waals surface area (Å²) >= 11 is 2.15. The monoisotopic (exact) mass is 1240 g/mol. The first kappa shape index (κ1) is 62.6. The van der Waals surface area contributed by atoms with Gasteiger partial charge >= 0.3 is 12.4 Å². The number of nitrogens with zero attached hydrogens (tertiary/aromatic N) is 14. The number of thiophene rings is 2. The fraction of sp³-hybridized carbons (Fsp3) is 0.383. The number of hydrogen-bond acceptors (Lipinski definition) is 15. The number of nitrogens with one attached hydrogen (secondary N) is 1. The highest BCUT2D eigenvalue weighted by Crippen LogP contribution is 2.38. The Bertz CT molecular complexity index is 4150. The van der Waals surface area contributed by atoms with Crippen LogP contribution in [0.15, 0.2) is 86.0 Å². The van der Waals surface area contributed by atoms with Gasteiger partial charge in [0.2, 0.25) is 0 Å². The summed E-state index contributed by atoms with van der Waals surface area (Å²) in [6, 6.07) is 20.4. The Labute approximate surface area is 506 Å². The van der Waals surface area contributed by atoms with Crippen LogP contribution in [0.3, 0.4) is 0 Å². The van der Waals surface area contributed by atoms with Gasteiger partial charge in [0.25, 0.3) is 0 Å². The zero-order chi connectivity index (χ0) is 60.5. The number of benzene rings is 2. The molecule has 8 heterocycles. The summed E-state index contributed by atoms with van der Waals surface area (Å²) < 4.78 is 84.1. The van der Waals surface area contributed by atoms with Gasteiger partial charge in [-0.05, 0) is 112 Å². The minimum absolute atomic E-state index is 0. The minimum Gasteiger partial charge on any atom is -0.356 e. The molecule has 8 aromatic heterocycles. The Morgan fingerprint density at radius 2 is 1.17 bits per heavy atom. The fourth-order valence-electron chi connectivity index (χ4n) is 11.7. The van der Waals surface area contributed by atoms with E-state index in [0.29, 0.717) is 74.7 Å². The number of alkyl halides is 6. The summed E-state index contributed by atoms with van der Waals surface area (Å²) in [5, 5.41) is 34.7. The molecule has 2 fully saturated rings. The molecule has 2 aliphatic rings. The highest BCUT2D eigenvalue weighted by atomic mass is 35.5. The van der Waals surface area contributed by atoms with Crippen molar-refractivity contribution in [1.82, 2.24) is 53.9 Å². The van der Waals surface area contributed by atoms with Gasteiger partial charge in [0.1, 0.15) is 63.8 Å². The SMILES string of the molecule is CN(c1ncnc2sc(CC(F)(F)F)cc12)[C@@H]1CC[C@H](N)C1.Cc1c(C=O)ccc2c1cc(C#N)n2Cc1cnn(C)c1.Cc1c(CN[C@H]2CC[C@@H](N(C)c3ncnc4sc(CC(F)(F)F)cc34)C2)ccc2c1cc(C#N)n2Cc1cnn(C)c1.Cl. The Morgan fingerprint density at radius 1 is 0.686 bits per heavy atom. The highest BCUT2D eigenvalue weighted by Gasteiger charge is 2.33. The summed E-state index contributed by atoms with van der Waals surface area (Å²) in [5.41, 5.74) is 15.1. The van der Waals surface area contributed by atoms with Gasteiger partial charge in [-0.2, -0.15) is 47.1 Å². The summed E-state index contributed by atoms with van der Waals surface area (Å²) in [6.45, 7) is 5.89. The third-order valence-corrected chi connectivity index (χ3v) is 18.2. The van der Waals surface area contributed by atoms with E-state index in [1.165, 1.54) is 18.2 Å². The fourth-order valence-corrected chi connectivity index (χ4v) is 13.7. The molecule has 2 aliphatic carbocycles. The van der Waals surface area contributed by atoms with Crippen molar-refractivity contribution >= 4 is 95.2 Å².